The molecular formula is C12H23N2+. The molecule has 0 bridgehead atoms. The Morgan fingerprint density at radius 3 is 2.64 bits per heavy atom. The molecule has 80 valence electrons. The molecule has 0 saturated heterocycles. The summed E-state index contributed by atoms with van der Waals surface area (Å²) in [4.78, 5) is 3.08. The van der Waals surface area contributed by atoms with Crippen LogP contribution in [0.2, 0.25) is 0 Å². The zero-order valence-corrected chi connectivity index (χ0v) is 9.50. The third kappa shape index (κ3) is 3.95. The van der Waals surface area contributed by atoms with Gasteiger partial charge >= 0.3 is 0 Å². The van der Waals surface area contributed by atoms with Gasteiger partial charge in [0.25, 0.3) is 0 Å². The first kappa shape index (κ1) is 11.3. The summed E-state index contributed by atoms with van der Waals surface area (Å²) in [5.41, 5.74) is 0. The van der Waals surface area contributed by atoms with Crippen molar-refractivity contribution in [1.29, 1.82) is 0 Å². The Morgan fingerprint density at radius 2 is 2.00 bits per heavy atom. The standard InChI is InChI=1S/C12H22N2/c1-3-4-5-6-7-8-12(2)14-10-9-13-11-14/h9-12H,3-8H2,1-2H3/p+1. The lowest BCUT2D eigenvalue weighted by Gasteiger charge is -2.06. The zero-order valence-electron chi connectivity index (χ0n) is 9.50. The monoisotopic (exact) mass is 195 g/mol. The van der Waals surface area contributed by atoms with E-state index in [0.29, 0.717) is 6.04 Å². The molecular weight excluding hydrogens is 172 g/mol. The van der Waals surface area contributed by atoms with Crippen LogP contribution in [0.25, 0.3) is 0 Å². The number of hydrogen-bond donors (Lipinski definition) is 1. The van der Waals surface area contributed by atoms with Gasteiger partial charge in [0.2, 0.25) is 6.33 Å². The van der Waals surface area contributed by atoms with Crippen molar-refractivity contribution in [3.8, 4) is 0 Å². The van der Waals surface area contributed by atoms with E-state index in [2.05, 4.69) is 29.6 Å². The highest BCUT2D eigenvalue weighted by molar-refractivity contribution is 4.58. The highest BCUT2D eigenvalue weighted by Gasteiger charge is 2.07. The van der Waals surface area contributed by atoms with E-state index in [9.17, 15) is 0 Å². The van der Waals surface area contributed by atoms with Gasteiger partial charge in [-0.3, -0.25) is 4.98 Å². The van der Waals surface area contributed by atoms with Crippen LogP contribution >= 0.6 is 0 Å². The van der Waals surface area contributed by atoms with E-state index in [0.717, 1.165) is 0 Å². The van der Waals surface area contributed by atoms with Crippen molar-refractivity contribution in [2.45, 2.75) is 58.4 Å². The molecule has 1 atom stereocenters. The first-order valence-electron chi connectivity index (χ1n) is 5.88. The van der Waals surface area contributed by atoms with Crippen LogP contribution in [-0.4, -0.2) is 4.98 Å². The maximum absolute atomic E-state index is 3.08. The van der Waals surface area contributed by atoms with E-state index >= 15 is 0 Å². The summed E-state index contributed by atoms with van der Waals surface area (Å²) in [7, 11) is 0. The molecule has 0 aliphatic carbocycles. The van der Waals surface area contributed by atoms with Crippen LogP contribution in [-0.2, 0) is 0 Å². The summed E-state index contributed by atoms with van der Waals surface area (Å²) in [6, 6.07) is 0.642. The van der Waals surface area contributed by atoms with Gasteiger partial charge in [0.1, 0.15) is 12.4 Å². The minimum atomic E-state index is 0.642. The van der Waals surface area contributed by atoms with E-state index in [-0.39, 0.29) is 0 Å². The summed E-state index contributed by atoms with van der Waals surface area (Å²) in [5, 5.41) is 0. The summed E-state index contributed by atoms with van der Waals surface area (Å²) in [6.07, 6.45) is 14.3. The average molecular weight is 195 g/mol. The Bertz CT molecular complexity index is 216. The van der Waals surface area contributed by atoms with Crippen LogP contribution in [0.1, 0.15) is 58.4 Å². The molecule has 0 radical (unpaired) electrons. The molecule has 0 saturated carbocycles. The molecule has 1 heterocycles. The minimum Gasteiger partial charge on any atom is -0.250 e. The first-order chi connectivity index (χ1) is 6.84. The first-order valence-corrected chi connectivity index (χ1v) is 5.88. The lowest BCUT2D eigenvalue weighted by molar-refractivity contribution is -0.719. The van der Waals surface area contributed by atoms with Crippen molar-refractivity contribution < 1.29 is 4.57 Å². The normalized spacial score (nSPS) is 13.0. The SMILES string of the molecule is CCCCCCCC(C)[n+]1cc[nH]c1. The predicted molar refractivity (Wildman–Crippen MR) is 59.1 cm³/mol. The second-order valence-corrected chi connectivity index (χ2v) is 4.11. The Balaban J connectivity index is 2.07. The molecule has 2 nitrogen and oxygen atoms in total. The molecule has 0 spiro atoms. The predicted octanol–water partition coefficient (Wildman–Crippen LogP) is 3.22. The molecule has 0 fully saturated rings. The molecule has 2 heteroatoms. The molecule has 0 aliphatic heterocycles. The van der Waals surface area contributed by atoms with Gasteiger partial charge in [0.15, 0.2) is 0 Å². The van der Waals surface area contributed by atoms with E-state index in [1.165, 1.54) is 38.5 Å². The van der Waals surface area contributed by atoms with Gasteiger partial charge in [0, 0.05) is 0 Å². The van der Waals surface area contributed by atoms with Crippen molar-refractivity contribution >= 4 is 0 Å². The zero-order chi connectivity index (χ0) is 10.2. The minimum absolute atomic E-state index is 0.642. The number of imidazole rings is 1. The van der Waals surface area contributed by atoms with Crippen LogP contribution in [0.5, 0.6) is 0 Å². The number of nitrogens with one attached hydrogen (secondary N) is 1. The van der Waals surface area contributed by atoms with E-state index < -0.39 is 0 Å². The van der Waals surface area contributed by atoms with E-state index in [4.69, 9.17) is 0 Å². The number of aromatic nitrogens is 2. The van der Waals surface area contributed by atoms with Gasteiger partial charge in [-0.2, -0.15) is 0 Å². The summed E-state index contributed by atoms with van der Waals surface area (Å²) < 4.78 is 2.25. The maximum atomic E-state index is 3.08. The van der Waals surface area contributed by atoms with Gasteiger partial charge in [-0.25, -0.2) is 4.57 Å². The van der Waals surface area contributed by atoms with Gasteiger partial charge in [-0.1, -0.05) is 32.6 Å². The average Bonchev–Trinajstić information content (AvgIpc) is 2.70. The van der Waals surface area contributed by atoms with Crippen LogP contribution in [0.4, 0.5) is 0 Å². The number of aromatic amines is 1. The molecule has 1 aromatic heterocycles. The second kappa shape index (κ2) is 6.63. The largest absolute Gasteiger partial charge is 0.250 e. The van der Waals surface area contributed by atoms with Gasteiger partial charge in [0.05, 0.1) is 6.04 Å². The number of nitrogens with zero attached hydrogens (tertiary/aromatic N) is 1. The molecule has 1 aromatic rings. The smallest absolute Gasteiger partial charge is 0.241 e. The van der Waals surface area contributed by atoms with Crippen LogP contribution in [0.3, 0.4) is 0 Å². The Labute approximate surface area is 87.4 Å². The highest BCUT2D eigenvalue weighted by Crippen LogP contribution is 2.10. The topological polar surface area (TPSA) is 19.7 Å². The lowest BCUT2D eigenvalue weighted by Crippen LogP contribution is -2.34. The molecule has 1 rings (SSSR count). The molecule has 1 unspecified atom stereocenters. The molecule has 14 heavy (non-hydrogen) atoms. The van der Waals surface area contributed by atoms with E-state index in [1.54, 1.807) is 0 Å². The van der Waals surface area contributed by atoms with Gasteiger partial charge in [-0.15, -0.1) is 0 Å². The fourth-order valence-corrected chi connectivity index (χ4v) is 1.77. The quantitative estimate of drug-likeness (QED) is 0.509. The van der Waals surface area contributed by atoms with Crippen molar-refractivity contribution in [2.75, 3.05) is 0 Å². The Hall–Kier alpha value is -0.790. The Kier molecular flexibility index (Phi) is 5.35. The van der Waals surface area contributed by atoms with Crippen molar-refractivity contribution in [3.63, 3.8) is 0 Å². The maximum Gasteiger partial charge on any atom is 0.241 e. The van der Waals surface area contributed by atoms with Gasteiger partial charge < -0.3 is 0 Å². The third-order valence-corrected chi connectivity index (χ3v) is 2.80. The summed E-state index contributed by atoms with van der Waals surface area (Å²) in [5.74, 6) is 0. The van der Waals surface area contributed by atoms with Crippen molar-refractivity contribution in [1.82, 2.24) is 4.98 Å². The molecule has 0 aromatic carbocycles. The lowest BCUT2D eigenvalue weighted by atomic mass is 10.1. The second-order valence-electron chi connectivity index (χ2n) is 4.11. The number of hydrogen-bond acceptors (Lipinski definition) is 0. The number of H-pyrrole nitrogens is 1. The van der Waals surface area contributed by atoms with Crippen LogP contribution in [0.15, 0.2) is 18.7 Å². The number of rotatable bonds is 7. The molecule has 1 N–H and O–H groups in total. The van der Waals surface area contributed by atoms with Crippen molar-refractivity contribution in [2.24, 2.45) is 0 Å². The molecule has 0 aliphatic rings. The van der Waals surface area contributed by atoms with Crippen LogP contribution in [0, 0.1) is 0 Å². The number of unbranched alkanes of at least 4 members (excludes halogenated alkanes) is 4. The molecule has 0 amide bonds. The van der Waals surface area contributed by atoms with Gasteiger partial charge in [-0.05, 0) is 19.8 Å². The van der Waals surface area contributed by atoms with Crippen molar-refractivity contribution in [3.05, 3.63) is 18.7 Å². The highest BCUT2D eigenvalue weighted by atomic mass is 15.0. The summed E-state index contributed by atoms with van der Waals surface area (Å²) >= 11 is 0. The third-order valence-electron chi connectivity index (χ3n) is 2.80. The fourth-order valence-electron chi connectivity index (χ4n) is 1.77. The summed E-state index contributed by atoms with van der Waals surface area (Å²) in [6.45, 7) is 4.55. The van der Waals surface area contributed by atoms with Crippen LogP contribution < -0.4 is 4.57 Å². The van der Waals surface area contributed by atoms with E-state index in [1.807, 2.05) is 12.5 Å². The fraction of sp³-hybridized carbons (Fsp3) is 0.750. The Morgan fingerprint density at radius 1 is 1.21 bits per heavy atom.